The number of hydrogen-bond acceptors (Lipinski definition) is 8. The third-order valence-electron chi connectivity index (χ3n) is 6.40. The van der Waals surface area contributed by atoms with Crippen LogP contribution in [0.3, 0.4) is 0 Å². The van der Waals surface area contributed by atoms with Gasteiger partial charge in [-0.1, -0.05) is 30.3 Å². The van der Waals surface area contributed by atoms with Gasteiger partial charge in [0.2, 0.25) is 10.9 Å². The standard InChI is InChI=1S/C26H25ClN4O7/c1-2-17-11-20(31-15-28-22-18(9-6-10-21(33)34)29-25(27)30-23(22)31)38-19(17)13-37-26(14-32,24(35)36)12-16-7-4-3-5-8-16/h1,3-5,7-8,14-15,17,19-20H,6,9-13H2,(H,33,34)(H,35,36). The summed E-state index contributed by atoms with van der Waals surface area (Å²) in [6.07, 6.45) is 7.10. The van der Waals surface area contributed by atoms with Gasteiger partial charge in [0, 0.05) is 19.3 Å². The van der Waals surface area contributed by atoms with Crippen LogP contribution in [-0.2, 0) is 36.7 Å². The number of carbonyl (C=O) groups is 3. The number of carboxylic acid groups (broad SMARTS) is 2. The first-order chi connectivity index (χ1) is 18.3. The fourth-order valence-electron chi connectivity index (χ4n) is 4.41. The van der Waals surface area contributed by atoms with E-state index in [-0.39, 0.29) is 31.0 Å². The van der Waals surface area contributed by atoms with Crippen molar-refractivity contribution in [3.05, 3.63) is 53.2 Å². The molecule has 4 atom stereocenters. The van der Waals surface area contributed by atoms with Gasteiger partial charge in [0.25, 0.3) is 0 Å². The van der Waals surface area contributed by atoms with E-state index in [0.717, 1.165) is 0 Å². The minimum absolute atomic E-state index is 0.0194. The number of aromatic nitrogens is 4. The second-order valence-corrected chi connectivity index (χ2v) is 9.27. The van der Waals surface area contributed by atoms with E-state index in [1.807, 2.05) is 0 Å². The van der Waals surface area contributed by atoms with Gasteiger partial charge in [0.05, 0.1) is 30.7 Å². The van der Waals surface area contributed by atoms with Gasteiger partial charge in [-0.25, -0.2) is 14.8 Å². The maximum atomic E-state index is 12.1. The van der Waals surface area contributed by atoms with Gasteiger partial charge in [-0.15, -0.1) is 12.3 Å². The Hall–Kier alpha value is -3.85. The highest BCUT2D eigenvalue weighted by atomic mass is 35.5. The molecule has 11 nitrogen and oxygen atoms in total. The van der Waals surface area contributed by atoms with Crippen molar-refractivity contribution in [2.24, 2.45) is 5.92 Å². The van der Waals surface area contributed by atoms with Gasteiger partial charge in [-0.2, -0.15) is 4.98 Å². The Morgan fingerprint density at radius 1 is 1.29 bits per heavy atom. The molecule has 0 radical (unpaired) electrons. The highest BCUT2D eigenvalue weighted by Crippen LogP contribution is 2.36. The van der Waals surface area contributed by atoms with Gasteiger partial charge in [-0.05, 0) is 30.0 Å². The SMILES string of the molecule is C#CC1CC(n2cnc3c(CCCC(=O)O)nc(Cl)nc32)OC1COC(C=O)(Cc1ccccc1)C(=O)O. The number of nitrogens with zero attached hydrogens (tertiary/aromatic N) is 4. The molecule has 0 bridgehead atoms. The summed E-state index contributed by atoms with van der Waals surface area (Å²) >= 11 is 6.14. The van der Waals surface area contributed by atoms with Gasteiger partial charge >= 0.3 is 11.9 Å². The van der Waals surface area contributed by atoms with Crippen LogP contribution >= 0.6 is 11.6 Å². The molecule has 3 aromatic rings. The van der Waals surface area contributed by atoms with Crippen LogP contribution < -0.4 is 0 Å². The molecule has 0 amide bonds. The zero-order chi connectivity index (χ0) is 27.3. The molecule has 1 saturated heterocycles. The van der Waals surface area contributed by atoms with Crippen molar-refractivity contribution >= 4 is 41.0 Å². The molecule has 4 rings (SSSR count). The molecule has 4 unspecified atom stereocenters. The predicted molar refractivity (Wildman–Crippen MR) is 134 cm³/mol. The van der Waals surface area contributed by atoms with E-state index in [0.29, 0.717) is 41.7 Å². The fraction of sp³-hybridized carbons (Fsp3) is 0.385. The topological polar surface area (TPSA) is 154 Å². The number of aldehydes is 1. The molecule has 2 aromatic heterocycles. The number of carbonyl (C=O) groups excluding carboxylic acids is 1. The number of ether oxygens (including phenoxy) is 2. The normalized spacial score (nSPS) is 20.6. The highest BCUT2D eigenvalue weighted by molar-refractivity contribution is 6.28. The largest absolute Gasteiger partial charge is 0.481 e. The lowest BCUT2D eigenvalue weighted by Gasteiger charge is -2.26. The lowest BCUT2D eigenvalue weighted by atomic mass is 9.95. The van der Waals surface area contributed by atoms with Crippen LogP contribution in [0, 0.1) is 18.3 Å². The number of halogens is 1. The Labute approximate surface area is 222 Å². The minimum Gasteiger partial charge on any atom is -0.481 e. The summed E-state index contributed by atoms with van der Waals surface area (Å²) in [7, 11) is 0. The van der Waals surface area contributed by atoms with Crippen LogP contribution in [-0.4, -0.2) is 66.3 Å². The highest BCUT2D eigenvalue weighted by Gasteiger charge is 2.43. The maximum Gasteiger partial charge on any atom is 0.343 e. The fourth-order valence-corrected chi connectivity index (χ4v) is 4.60. The predicted octanol–water partition coefficient (Wildman–Crippen LogP) is 2.71. The molecule has 1 aromatic carbocycles. The molecule has 1 fully saturated rings. The number of terminal acetylenes is 1. The number of imidazole rings is 1. The molecule has 198 valence electrons. The molecule has 12 heteroatoms. The lowest BCUT2D eigenvalue weighted by molar-refractivity contribution is -0.172. The van der Waals surface area contributed by atoms with Crippen molar-refractivity contribution in [2.75, 3.05) is 6.61 Å². The van der Waals surface area contributed by atoms with Crippen LogP contribution in [0.2, 0.25) is 5.28 Å². The molecule has 1 aliphatic rings. The van der Waals surface area contributed by atoms with Crippen molar-refractivity contribution in [2.45, 2.75) is 50.0 Å². The maximum absolute atomic E-state index is 12.1. The molecule has 2 N–H and O–H groups in total. The van der Waals surface area contributed by atoms with Crippen molar-refractivity contribution < 1.29 is 34.1 Å². The number of aryl methyl sites for hydroxylation is 1. The van der Waals surface area contributed by atoms with E-state index in [2.05, 4.69) is 20.9 Å². The van der Waals surface area contributed by atoms with E-state index in [9.17, 15) is 19.5 Å². The van der Waals surface area contributed by atoms with Gasteiger partial charge in [0.15, 0.2) is 11.9 Å². The van der Waals surface area contributed by atoms with E-state index >= 15 is 0 Å². The molecular weight excluding hydrogens is 516 g/mol. The monoisotopic (exact) mass is 540 g/mol. The van der Waals surface area contributed by atoms with E-state index in [1.54, 1.807) is 34.9 Å². The zero-order valence-electron chi connectivity index (χ0n) is 20.2. The lowest BCUT2D eigenvalue weighted by Crippen LogP contribution is -2.47. The Morgan fingerprint density at radius 3 is 2.71 bits per heavy atom. The average molecular weight is 541 g/mol. The molecule has 0 spiro atoms. The number of hydrogen-bond donors (Lipinski definition) is 2. The number of rotatable bonds is 12. The third kappa shape index (κ3) is 5.83. The van der Waals surface area contributed by atoms with E-state index < -0.39 is 35.8 Å². The quantitative estimate of drug-likeness (QED) is 0.152. The zero-order valence-corrected chi connectivity index (χ0v) is 21.0. The van der Waals surface area contributed by atoms with Crippen molar-refractivity contribution in [3.8, 4) is 12.3 Å². The first kappa shape index (κ1) is 27.2. The van der Waals surface area contributed by atoms with Crippen molar-refractivity contribution in [3.63, 3.8) is 0 Å². The number of aliphatic carboxylic acids is 2. The molecule has 38 heavy (non-hydrogen) atoms. The van der Waals surface area contributed by atoms with Crippen LogP contribution in [0.5, 0.6) is 0 Å². The summed E-state index contributed by atoms with van der Waals surface area (Å²) in [6, 6.07) is 8.70. The molecule has 3 heterocycles. The van der Waals surface area contributed by atoms with Crippen LogP contribution in [0.1, 0.15) is 36.7 Å². The Balaban J connectivity index is 1.52. The smallest absolute Gasteiger partial charge is 0.343 e. The summed E-state index contributed by atoms with van der Waals surface area (Å²) in [4.78, 5) is 47.8. The third-order valence-corrected chi connectivity index (χ3v) is 6.57. The van der Waals surface area contributed by atoms with E-state index in [4.69, 9.17) is 32.6 Å². The molecule has 0 saturated carbocycles. The van der Waals surface area contributed by atoms with Crippen molar-refractivity contribution in [1.29, 1.82) is 0 Å². The molecule has 0 aliphatic carbocycles. The number of carboxylic acids is 2. The van der Waals surface area contributed by atoms with Crippen LogP contribution in [0.25, 0.3) is 11.2 Å². The molecular formula is C26H25ClN4O7. The van der Waals surface area contributed by atoms with Crippen LogP contribution in [0.4, 0.5) is 0 Å². The summed E-state index contributed by atoms with van der Waals surface area (Å²) in [6.45, 7) is -0.230. The first-order valence-electron chi connectivity index (χ1n) is 11.9. The number of fused-ring (bicyclic) bond motifs is 1. The first-order valence-corrected chi connectivity index (χ1v) is 12.2. The summed E-state index contributed by atoms with van der Waals surface area (Å²) in [5.74, 6) is -0.109. The summed E-state index contributed by atoms with van der Waals surface area (Å²) in [5.41, 5.74) is -0.0932. The van der Waals surface area contributed by atoms with Gasteiger partial charge in [-0.3, -0.25) is 14.2 Å². The van der Waals surface area contributed by atoms with Crippen LogP contribution in [0.15, 0.2) is 36.7 Å². The number of benzene rings is 1. The summed E-state index contributed by atoms with van der Waals surface area (Å²) in [5, 5.41) is 18.7. The Kier molecular flexibility index (Phi) is 8.36. The van der Waals surface area contributed by atoms with E-state index in [1.165, 1.54) is 6.33 Å². The van der Waals surface area contributed by atoms with Gasteiger partial charge < -0.3 is 19.7 Å². The van der Waals surface area contributed by atoms with Crippen molar-refractivity contribution in [1.82, 2.24) is 19.5 Å². The summed E-state index contributed by atoms with van der Waals surface area (Å²) < 4.78 is 13.5. The molecule has 1 aliphatic heterocycles. The Bertz CT molecular complexity index is 1370. The Morgan fingerprint density at radius 2 is 2.05 bits per heavy atom. The average Bonchev–Trinajstić information content (AvgIpc) is 3.50. The van der Waals surface area contributed by atoms with Gasteiger partial charge in [0.1, 0.15) is 11.7 Å². The second-order valence-electron chi connectivity index (χ2n) is 8.93. The minimum atomic E-state index is -2.10. The second kappa shape index (κ2) is 11.7.